The molecule has 1 aliphatic heterocycles. The summed E-state index contributed by atoms with van der Waals surface area (Å²) in [6.45, 7) is 10.0. The fourth-order valence-electron chi connectivity index (χ4n) is 2.31. The molecule has 0 N–H and O–H groups in total. The van der Waals surface area contributed by atoms with Crippen molar-refractivity contribution in [3.8, 4) is 0 Å². The molecular weight excluding hydrogens is 194 g/mol. The monoisotopic (exact) mass is 219 g/mol. The molecule has 1 heterocycles. The standard InChI is InChI=1S/C13H19N.C2H6/c1-2-14-10-8-13(9-11-14)12-6-4-3-5-7-12;1-2/h3-7,13H,2,8-11H2,1H3;1-2H3. The fourth-order valence-corrected chi connectivity index (χ4v) is 2.31. The second-order valence-corrected chi connectivity index (χ2v) is 4.12. The molecule has 1 fully saturated rings. The second-order valence-electron chi connectivity index (χ2n) is 4.12. The first-order chi connectivity index (χ1) is 7.90. The highest BCUT2D eigenvalue weighted by molar-refractivity contribution is 5.19. The SMILES string of the molecule is CC.CCN1CCC(c2ccccc2)CC1. The van der Waals surface area contributed by atoms with Gasteiger partial charge in [0.1, 0.15) is 0 Å². The average molecular weight is 219 g/mol. The minimum atomic E-state index is 0.805. The molecule has 90 valence electrons. The van der Waals surface area contributed by atoms with E-state index in [1.54, 1.807) is 0 Å². The molecule has 1 saturated heterocycles. The summed E-state index contributed by atoms with van der Waals surface area (Å²) >= 11 is 0. The number of benzene rings is 1. The van der Waals surface area contributed by atoms with E-state index in [9.17, 15) is 0 Å². The van der Waals surface area contributed by atoms with Gasteiger partial charge in [-0.05, 0) is 44.0 Å². The lowest BCUT2D eigenvalue weighted by atomic mass is 9.89. The van der Waals surface area contributed by atoms with E-state index in [0.29, 0.717) is 0 Å². The van der Waals surface area contributed by atoms with Gasteiger partial charge in [-0.2, -0.15) is 0 Å². The van der Waals surface area contributed by atoms with Crippen molar-refractivity contribution < 1.29 is 0 Å². The van der Waals surface area contributed by atoms with Crippen molar-refractivity contribution in [3.63, 3.8) is 0 Å². The molecule has 0 unspecified atom stereocenters. The Hall–Kier alpha value is -0.820. The van der Waals surface area contributed by atoms with Gasteiger partial charge in [0.2, 0.25) is 0 Å². The first-order valence-electron chi connectivity index (χ1n) is 6.67. The Morgan fingerprint density at radius 2 is 1.62 bits per heavy atom. The Morgan fingerprint density at radius 1 is 1.06 bits per heavy atom. The highest BCUT2D eigenvalue weighted by Crippen LogP contribution is 2.27. The van der Waals surface area contributed by atoms with Crippen LogP contribution in [0, 0.1) is 0 Å². The van der Waals surface area contributed by atoms with Crippen LogP contribution in [-0.4, -0.2) is 24.5 Å². The number of hydrogen-bond donors (Lipinski definition) is 0. The third-order valence-corrected chi connectivity index (χ3v) is 3.31. The molecule has 2 rings (SSSR count). The Kier molecular flexibility index (Phi) is 6.17. The average Bonchev–Trinajstić information content (AvgIpc) is 2.42. The first kappa shape index (κ1) is 13.2. The van der Waals surface area contributed by atoms with Crippen LogP contribution < -0.4 is 0 Å². The summed E-state index contributed by atoms with van der Waals surface area (Å²) in [5.41, 5.74) is 1.53. The van der Waals surface area contributed by atoms with Gasteiger partial charge in [-0.3, -0.25) is 0 Å². The van der Waals surface area contributed by atoms with E-state index >= 15 is 0 Å². The number of rotatable bonds is 2. The van der Waals surface area contributed by atoms with E-state index in [4.69, 9.17) is 0 Å². The van der Waals surface area contributed by atoms with Crippen LogP contribution in [0.15, 0.2) is 30.3 Å². The quantitative estimate of drug-likeness (QED) is 0.729. The Morgan fingerprint density at radius 3 is 2.12 bits per heavy atom. The van der Waals surface area contributed by atoms with Crippen LogP contribution in [0.4, 0.5) is 0 Å². The molecule has 1 aromatic carbocycles. The second kappa shape index (κ2) is 7.45. The van der Waals surface area contributed by atoms with Gasteiger partial charge in [0.05, 0.1) is 0 Å². The van der Waals surface area contributed by atoms with E-state index in [1.807, 2.05) is 13.8 Å². The molecule has 0 aliphatic carbocycles. The van der Waals surface area contributed by atoms with Crippen molar-refractivity contribution in [1.82, 2.24) is 4.90 Å². The Labute approximate surface area is 100 Å². The molecule has 0 spiro atoms. The van der Waals surface area contributed by atoms with Crippen LogP contribution in [0.5, 0.6) is 0 Å². The zero-order valence-corrected chi connectivity index (χ0v) is 10.9. The molecule has 0 saturated carbocycles. The van der Waals surface area contributed by atoms with Crippen LogP contribution >= 0.6 is 0 Å². The summed E-state index contributed by atoms with van der Waals surface area (Å²) in [5, 5.41) is 0. The molecule has 1 aliphatic rings. The van der Waals surface area contributed by atoms with Crippen LogP contribution in [0.2, 0.25) is 0 Å². The van der Waals surface area contributed by atoms with E-state index in [2.05, 4.69) is 42.2 Å². The van der Waals surface area contributed by atoms with Gasteiger partial charge in [-0.1, -0.05) is 51.1 Å². The van der Waals surface area contributed by atoms with Crippen molar-refractivity contribution in [2.45, 2.75) is 39.5 Å². The van der Waals surface area contributed by atoms with Crippen molar-refractivity contribution in [2.24, 2.45) is 0 Å². The fraction of sp³-hybridized carbons (Fsp3) is 0.600. The number of likely N-dealkylation sites (tertiary alicyclic amines) is 1. The molecule has 0 radical (unpaired) electrons. The summed E-state index contributed by atoms with van der Waals surface area (Å²) in [6.07, 6.45) is 2.66. The lowest BCUT2D eigenvalue weighted by Gasteiger charge is -2.31. The summed E-state index contributed by atoms with van der Waals surface area (Å²) in [5.74, 6) is 0.805. The lowest BCUT2D eigenvalue weighted by molar-refractivity contribution is 0.222. The summed E-state index contributed by atoms with van der Waals surface area (Å²) in [7, 11) is 0. The predicted molar refractivity (Wildman–Crippen MR) is 71.9 cm³/mol. The van der Waals surface area contributed by atoms with Crippen molar-refractivity contribution in [1.29, 1.82) is 0 Å². The zero-order chi connectivity index (χ0) is 11.8. The van der Waals surface area contributed by atoms with Gasteiger partial charge in [0.25, 0.3) is 0 Å². The van der Waals surface area contributed by atoms with Crippen molar-refractivity contribution in [3.05, 3.63) is 35.9 Å². The highest BCUT2D eigenvalue weighted by Gasteiger charge is 2.18. The van der Waals surface area contributed by atoms with Crippen molar-refractivity contribution in [2.75, 3.05) is 19.6 Å². The van der Waals surface area contributed by atoms with Crippen molar-refractivity contribution >= 4 is 0 Å². The number of hydrogen-bond acceptors (Lipinski definition) is 1. The minimum absolute atomic E-state index is 0.805. The summed E-state index contributed by atoms with van der Waals surface area (Å²) in [6, 6.07) is 11.0. The van der Waals surface area contributed by atoms with Gasteiger partial charge >= 0.3 is 0 Å². The molecule has 1 nitrogen and oxygen atoms in total. The normalized spacial score (nSPS) is 17.7. The Bertz CT molecular complexity index is 260. The lowest BCUT2D eigenvalue weighted by Crippen LogP contribution is -2.32. The summed E-state index contributed by atoms with van der Waals surface area (Å²) in [4.78, 5) is 2.54. The summed E-state index contributed by atoms with van der Waals surface area (Å²) < 4.78 is 0. The van der Waals surface area contributed by atoms with Gasteiger partial charge in [0, 0.05) is 0 Å². The molecule has 0 atom stereocenters. The minimum Gasteiger partial charge on any atom is -0.304 e. The van der Waals surface area contributed by atoms with Gasteiger partial charge in [0.15, 0.2) is 0 Å². The molecule has 0 aromatic heterocycles. The van der Waals surface area contributed by atoms with E-state index < -0.39 is 0 Å². The third-order valence-electron chi connectivity index (χ3n) is 3.31. The third kappa shape index (κ3) is 3.64. The molecule has 0 bridgehead atoms. The molecule has 16 heavy (non-hydrogen) atoms. The number of nitrogens with zero attached hydrogens (tertiary/aromatic N) is 1. The molecule has 1 aromatic rings. The highest BCUT2D eigenvalue weighted by atomic mass is 15.1. The zero-order valence-electron chi connectivity index (χ0n) is 10.9. The maximum absolute atomic E-state index is 2.54. The van der Waals surface area contributed by atoms with Gasteiger partial charge < -0.3 is 4.90 Å². The van der Waals surface area contributed by atoms with Crippen LogP contribution in [0.3, 0.4) is 0 Å². The topological polar surface area (TPSA) is 3.24 Å². The van der Waals surface area contributed by atoms with Crippen LogP contribution in [-0.2, 0) is 0 Å². The molecule has 0 amide bonds. The predicted octanol–water partition coefficient (Wildman–Crippen LogP) is 3.91. The van der Waals surface area contributed by atoms with E-state index in [0.717, 1.165) is 5.92 Å². The number of piperidine rings is 1. The van der Waals surface area contributed by atoms with Gasteiger partial charge in [-0.15, -0.1) is 0 Å². The maximum Gasteiger partial charge on any atom is -0.00130 e. The maximum atomic E-state index is 2.54. The van der Waals surface area contributed by atoms with E-state index in [-0.39, 0.29) is 0 Å². The molecular formula is C15H25N. The Balaban J connectivity index is 0.000000606. The van der Waals surface area contributed by atoms with E-state index in [1.165, 1.54) is 38.0 Å². The van der Waals surface area contributed by atoms with Gasteiger partial charge in [-0.25, -0.2) is 0 Å². The molecule has 1 heteroatoms. The largest absolute Gasteiger partial charge is 0.304 e. The van der Waals surface area contributed by atoms with Crippen LogP contribution in [0.25, 0.3) is 0 Å². The first-order valence-corrected chi connectivity index (χ1v) is 6.67. The van der Waals surface area contributed by atoms with Crippen LogP contribution in [0.1, 0.15) is 45.1 Å². The smallest absolute Gasteiger partial charge is 0.00130 e.